The molecule has 2 aromatic carbocycles. The van der Waals surface area contributed by atoms with E-state index in [4.69, 9.17) is 14.9 Å². The number of fused-ring (bicyclic) bond motifs is 1. The first-order valence-corrected chi connectivity index (χ1v) is 13.7. The van der Waals surface area contributed by atoms with Gasteiger partial charge in [0.05, 0.1) is 11.3 Å². The summed E-state index contributed by atoms with van der Waals surface area (Å²) in [6.07, 6.45) is 1.52. The van der Waals surface area contributed by atoms with Gasteiger partial charge in [0.25, 0.3) is 5.91 Å². The second-order valence-electron chi connectivity index (χ2n) is 8.64. The third kappa shape index (κ3) is 6.03. The molecule has 2 aliphatic rings. The Kier molecular flexibility index (Phi) is 7.60. The van der Waals surface area contributed by atoms with Crippen LogP contribution in [0.3, 0.4) is 0 Å². The highest BCUT2D eigenvalue weighted by molar-refractivity contribution is 8.42. The summed E-state index contributed by atoms with van der Waals surface area (Å²) in [6.45, 7) is 6.36. The van der Waals surface area contributed by atoms with Crippen molar-refractivity contribution in [2.45, 2.75) is 20.8 Å². The molecular weight excluding hydrogens is 500 g/mol. The lowest BCUT2D eigenvalue weighted by Gasteiger charge is -2.20. The predicted molar refractivity (Wildman–Crippen MR) is 142 cm³/mol. The van der Waals surface area contributed by atoms with Crippen LogP contribution in [0, 0.1) is 18.3 Å². The van der Waals surface area contributed by atoms with E-state index in [0.717, 1.165) is 28.1 Å². The zero-order valence-corrected chi connectivity index (χ0v) is 21.7. The molecule has 2 heterocycles. The zero-order chi connectivity index (χ0) is 25.9. The molecule has 2 aliphatic heterocycles. The number of hydrazone groups is 1. The topological polar surface area (TPSA) is 121 Å². The fourth-order valence-corrected chi connectivity index (χ4v) is 6.18. The number of amidine groups is 2. The normalized spacial score (nSPS) is 16.8. The van der Waals surface area contributed by atoms with Crippen molar-refractivity contribution in [2.75, 3.05) is 19.0 Å². The summed E-state index contributed by atoms with van der Waals surface area (Å²) < 4.78 is 36.3. The smallest absolute Gasteiger partial charge is 0.283 e. The summed E-state index contributed by atoms with van der Waals surface area (Å²) in [5.41, 5.74) is 1.84. The van der Waals surface area contributed by atoms with Crippen LogP contribution in [-0.4, -0.2) is 53.7 Å². The van der Waals surface area contributed by atoms with Crippen LogP contribution in [0.25, 0.3) is 6.08 Å². The average molecular weight is 527 g/mol. The van der Waals surface area contributed by atoms with E-state index in [1.165, 1.54) is 6.08 Å². The number of hydrogen-bond acceptors (Lipinski definition) is 8. The SMILES string of the molecule is Cc1ccc(OCCOc2ccc(/C=C3\C(=N)N4N=C(S(=O)(=O)CC(C)C)SC4=NC3=O)cc2)cc1. The second kappa shape index (κ2) is 10.7. The minimum absolute atomic E-state index is 0.0192. The number of aryl methyl sites for hydroxylation is 1. The fourth-order valence-electron chi connectivity index (χ4n) is 3.39. The Morgan fingerprint density at radius 2 is 1.61 bits per heavy atom. The second-order valence-corrected chi connectivity index (χ2v) is 11.8. The molecule has 0 bridgehead atoms. The minimum atomic E-state index is -3.63. The molecule has 0 saturated heterocycles. The van der Waals surface area contributed by atoms with Crippen LogP contribution >= 0.6 is 11.8 Å². The predicted octanol–water partition coefficient (Wildman–Crippen LogP) is 4.10. The maximum Gasteiger partial charge on any atom is 0.283 e. The number of aliphatic imine (C=N–C) groups is 1. The number of hydrogen-bond donors (Lipinski definition) is 1. The molecule has 0 unspecified atom stereocenters. The monoisotopic (exact) mass is 526 g/mol. The first-order valence-electron chi connectivity index (χ1n) is 11.3. The molecule has 0 spiro atoms. The van der Waals surface area contributed by atoms with Crippen LogP contribution in [-0.2, 0) is 14.6 Å². The van der Waals surface area contributed by atoms with E-state index in [9.17, 15) is 13.2 Å². The highest BCUT2D eigenvalue weighted by Crippen LogP contribution is 2.31. The van der Waals surface area contributed by atoms with Crippen molar-refractivity contribution < 1.29 is 22.7 Å². The van der Waals surface area contributed by atoms with Gasteiger partial charge in [-0.1, -0.05) is 43.7 Å². The Balaban J connectivity index is 1.39. The third-order valence-corrected chi connectivity index (χ3v) is 8.52. The van der Waals surface area contributed by atoms with Crippen molar-refractivity contribution in [3.05, 3.63) is 65.2 Å². The molecule has 1 N–H and O–H groups in total. The third-order valence-electron chi connectivity index (χ3n) is 5.09. The van der Waals surface area contributed by atoms with Gasteiger partial charge in [-0.3, -0.25) is 10.2 Å². The number of nitrogens with one attached hydrogen (secondary N) is 1. The molecule has 0 saturated carbocycles. The highest BCUT2D eigenvalue weighted by atomic mass is 32.3. The van der Waals surface area contributed by atoms with Gasteiger partial charge in [-0.2, -0.15) is 10.0 Å². The molecule has 11 heteroatoms. The molecule has 1 amide bonds. The number of carbonyl (C=O) groups excluding carboxylic acids is 1. The van der Waals surface area contributed by atoms with Crippen LogP contribution in [0.2, 0.25) is 0 Å². The Bertz CT molecular complexity index is 1360. The van der Waals surface area contributed by atoms with E-state index < -0.39 is 15.7 Å². The molecule has 0 fully saturated rings. The maximum absolute atomic E-state index is 12.6. The number of ether oxygens (including phenoxy) is 2. The van der Waals surface area contributed by atoms with Crippen molar-refractivity contribution in [1.82, 2.24) is 5.01 Å². The molecule has 0 aromatic heterocycles. The number of nitrogens with zero attached hydrogens (tertiary/aromatic N) is 3. The van der Waals surface area contributed by atoms with E-state index in [1.54, 1.807) is 38.1 Å². The number of rotatable bonds is 8. The summed E-state index contributed by atoms with van der Waals surface area (Å²) in [5.74, 6) is 0.418. The molecule has 2 aromatic rings. The summed E-state index contributed by atoms with van der Waals surface area (Å²) in [6, 6.07) is 14.8. The van der Waals surface area contributed by atoms with Crippen LogP contribution in [0.15, 0.2) is 64.2 Å². The van der Waals surface area contributed by atoms with Gasteiger partial charge in [0.2, 0.25) is 19.4 Å². The van der Waals surface area contributed by atoms with Gasteiger partial charge in [-0.25, -0.2) is 8.42 Å². The summed E-state index contributed by atoms with van der Waals surface area (Å²) in [7, 11) is -3.63. The van der Waals surface area contributed by atoms with Gasteiger partial charge < -0.3 is 9.47 Å². The standard InChI is InChI=1S/C25H26N4O5S2/c1-16(2)15-36(31,32)25-28-29-22(26)21(23(30)27-24(29)35-25)14-18-6-10-20(11-7-18)34-13-12-33-19-8-4-17(3)5-9-19/h4-11,14,16,26H,12-13,15H2,1-3H3/b21-14+,26-22?. The van der Waals surface area contributed by atoms with E-state index in [0.29, 0.717) is 24.5 Å². The van der Waals surface area contributed by atoms with Crippen molar-refractivity contribution >= 4 is 49.0 Å². The van der Waals surface area contributed by atoms with Crippen LogP contribution in [0.5, 0.6) is 11.5 Å². The van der Waals surface area contributed by atoms with Crippen LogP contribution < -0.4 is 9.47 Å². The lowest BCUT2D eigenvalue weighted by molar-refractivity contribution is -0.114. The van der Waals surface area contributed by atoms with E-state index in [-0.39, 0.29) is 32.6 Å². The molecule has 4 rings (SSSR count). The van der Waals surface area contributed by atoms with Gasteiger partial charge >= 0.3 is 0 Å². The van der Waals surface area contributed by atoms with Crippen molar-refractivity contribution in [3.8, 4) is 11.5 Å². The molecule has 188 valence electrons. The van der Waals surface area contributed by atoms with E-state index in [1.807, 2.05) is 31.2 Å². The average Bonchev–Trinajstić information content (AvgIpc) is 3.26. The molecule has 0 radical (unpaired) electrons. The zero-order valence-electron chi connectivity index (χ0n) is 20.1. The maximum atomic E-state index is 12.6. The summed E-state index contributed by atoms with van der Waals surface area (Å²) in [4.78, 5) is 16.5. The minimum Gasteiger partial charge on any atom is -0.490 e. The first kappa shape index (κ1) is 25.6. The van der Waals surface area contributed by atoms with Crippen LogP contribution in [0.1, 0.15) is 25.0 Å². The first-order chi connectivity index (χ1) is 17.1. The Morgan fingerprint density at radius 1 is 1.03 bits per heavy atom. The molecule has 9 nitrogen and oxygen atoms in total. The van der Waals surface area contributed by atoms with Crippen molar-refractivity contribution in [3.63, 3.8) is 0 Å². The van der Waals surface area contributed by atoms with Crippen molar-refractivity contribution in [1.29, 1.82) is 5.41 Å². The Morgan fingerprint density at radius 3 is 2.19 bits per heavy atom. The van der Waals surface area contributed by atoms with Gasteiger partial charge in [-0.15, -0.1) is 5.10 Å². The highest BCUT2D eigenvalue weighted by Gasteiger charge is 2.39. The van der Waals surface area contributed by atoms with Crippen LogP contribution in [0.4, 0.5) is 0 Å². The molecular formula is C25H26N4O5S2. The van der Waals surface area contributed by atoms with Gasteiger partial charge in [-0.05, 0) is 60.5 Å². The van der Waals surface area contributed by atoms with Crippen molar-refractivity contribution in [2.24, 2.45) is 16.0 Å². The quantitative estimate of drug-likeness (QED) is 0.406. The number of amides is 1. The largest absolute Gasteiger partial charge is 0.490 e. The number of thioether (sulfide) groups is 1. The van der Waals surface area contributed by atoms with Gasteiger partial charge in [0.15, 0.2) is 5.84 Å². The van der Waals surface area contributed by atoms with Gasteiger partial charge in [0, 0.05) is 0 Å². The lowest BCUT2D eigenvalue weighted by atomic mass is 10.1. The Labute approximate surface area is 214 Å². The van der Waals surface area contributed by atoms with E-state index >= 15 is 0 Å². The number of sulfone groups is 1. The number of benzene rings is 2. The molecule has 36 heavy (non-hydrogen) atoms. The summed E-state index contributed by atoms with van der Waals surface area (Å²) >= 11 is 0.792. The lowest BCUT2D eigenvalue weighted by Crippen LogP contribution is -2.35. The van der Waals surface area contributed by atoms with E-state index in [2.05, 4.69) is 10.1 Å². The number of carbonyl (C=O) groups is 1. The summed E-state index contributed by atoms with van der Waals surface area (Å²) in [5, 5.41) is 13.7. The molecule has 0 aliphatic carbocycles. The molecule has 0 atom stereocenters. The Hall–Kier alpha value is -3.44. The van der Waals surface area contributed by atoms with Gasteiger partial charge in [0.1, 0.15) is 24.7 Å². The fraction of sp³-hybridized carbons (Fsp3) is 0.280.